The van der Waals surface area contributed by atoms with Gasteiger partial charge in [-0.15, -0.1) is 0 Å². The molecule has 1 aliphatic rings. The third-order valence-corrected chi connectivity index (χ3v) is 5.77. The molecule has 0 aliphatic carbocycles. The van der Waals surface area contributed by atoms with Gasteiger partial charge in [-0.05, 0) is 54.6 Å². The van der Waals surface area contributed by atoms with Crippen molar-refractivity contribution in [1.29, 1.82) is 0 Å². The molecule has 1 aliphatic heterocycles. The summed E-state index contributed by atoms with van der Waals surface area (Å²) in [6, 6.07) is 18.7. The molecule has 0 radical (unpaired) electrons. The minimum Gasteiger partial charge on any atom is -0.489 e. The quantitative estimate of drug-likeness (QED) is 0.252. The van der Waals surface area contributed by atoms with Crippen LogP contribution in [0.2, 0.25) is 0 Å². The number of carbonyl (C=O) groups is 1. The molecule has 5 rings (SSSR count). The maximum Gasteiger partial charge on any atom is 0.250 e. The lowest BCUT2D eigenvalue weighted by atomic mass is 10.1. The van der Waals surface area contributed by atoms with Crippen LogP contribution in [-0.4, -0.2) is 49.4 Å². The number of methoxy groups -OCH3 is 1. The van der Waals surface area contributed by atoms with Crippen molar-refractivity contribution in [2.45, 2.75) is 0 Å². The largest absolute Gasteiger partial charge is 0.489 e. The highest BCUT2D eigenvalue weighted by Crippen LogP contribution is 2.41. The fourth-order valence-electron chi connectivity index (χ4n) is 4.02. The van der Waals surface area contributed by atoms with Crippen LogP contribution in [0.5, 0.6) is 23.0 Å². The molecule has 3 aromatic carbocycles. The number of aromatic nitrogens is 2. The third kappa shape index (κ3) is 5.17. The zero-order valence-electron chi connectivity index (χ0n) is 20.3. The molecule has 188 valence electrons. The van der Waals surface area contributed by atoms with Gasteiger partial charge in [0, 0.05) is 12.8 Å². The predicted octanol–water partition coefficient (Wildman–Crippen LogP) is 5.10. The van der Waals surface area contributed by atoms with Crippen molar-refractivity contribution < 1.29 is 23.7 Å². The van der Waals surface area contributed by atoms with Crippen LogP contribution in [0.25, 0.3) is 10.9 Å². The zero-order chi connectivity index (χ0) is 25.6. The molecular formula is C28H26N4O5. The molecule has 0 atom stereocenters. The van der Waals surface area contributed by atoms with E-state index in [1.807, 2.05) is 60.7 Å². The van der Waals surface area contributed by atoms with Gasteiger partial charge in [0.05, 0.1) is 29.7 Å². The average molecular weight is 499 g/mol. The highest BCUT2D eigenvalue weighted by molar-refractivity contribution is 6.07. The summed E-state index contributed by atoms with van der Waals surface area (Å²) in [6.07, 6.45) is 2.79. The fourth-order valence-corrected chi connectivity index (χ4v) is 4.02. The fraction of sp³-hybridized carbons (Fsp3) is 0.179. The van der Waals surface area contributed by atoms with E-state index in [0.717, 1.165) is 5.69 Å². The van der Waals surface area contributed by atoms with E-state index in [0.29, 0.717) is 71.8 Å². The summed E-state index contributed by atoms with van der Waals surface area (Å²) in [6.45, 7) is 5.34. The van der Waals surface area contributed by atoms with Crippen LogP contribution in [0, 0.1) is 0 Å². The van der Waals surface area contributed by atoms with Crippen LogP contribution in [0.15, 0.2) is 79.6 Å². The Hall–Kier alpha value is -4.63. The first kappa shape index (κ1) is 24.1. The Morgan fingerprint density at radius 2 is 1.89 bits per heavy atom. The zero-order valence-corrected chi connectivity index (χ0v) is 20.3. The van der Waals surface area contributed by atoms with Crippen molar-refractivity contribution in [2.75, 3.05) is 43.7 Å². The van der Waals surface area contributed by atoms with Gasteiger partial charge in [-0.1, -0.05) is 18.7 Å². The molecule has 0 saturated carbocycles. The number of nitrogens with zero attached hydrogens (tertiary/aromatic N) is 3. The van der Waals surface area contributed by atoms with Crippen LogP contribution in [0.4, 0.5) is 17.2 Å². The van der Waals surface area contributed by atoms with Gasteiger partial charge in [0.25, 0.3) is 5.91 Å². The van der Waals surface area contributed by atoms with Crippen LogP contribution in [0.3, 0.4) is 0 Å². The van der Waals surface area contributed by atoms with Gasteiger partial charge in [-0.3, -0.25) is 4.79 Å². The van der Waals surface area contributed by atoms with Crippen LogP contribution < -0.4 is 24.4 Å². The lowest BCUT2D eigenvalue weighted by Gasteiger charge is -2.29. The average Bonchev–Trinajstić information content (AvgIpc) is 2.94. The predicted molar refractivity (Wildman–Crippen MR) is 141 cm³/mol. The van der Waals surface area contributed by atoms with Crippen LogP contribution in [0.1, 0.15) is 0 Å². The van der Waals surface area contributed by atoms with Crippen molar-refractivity contribution in [3.63, 3.8) is 0 Å². The Balaban J connectivity index is 1.39. The minimum atomic E-state index is -0.184. The first-order valence-corrected chi connectivity index (χ1v) is 11.8. The second-order valence-corrected chi connectivity index (χ2v) is 8.11. The highest BCUT2D eigenvalue weighted by Gasteiger charge is 2.25. The van der Waals surface area contributed by atoms with Crippen LogP contribution in [-0.2, 0) is 9.53 Å². The minimum absolute atomic E-state index is 0.184. The second-order valence-electron chi connectivity index (χ2n) is 8.11. The molecule has 37 heavy (non-hydrogen) atoms. The molecule has 1 amide bonds. The summed E-state index contributed by atoms with van der Waals surface area (Å²) in [5.74, 6) is 2.86. The van der Waals surface area contributed by atoms with Gasteiger partial charge in [0.15, 0.2) is 17.2 Å². The first-order valence-electron chi connectivity index (χ1n) is 11.8. The summed E-state index contributed by atoms with van der Waals surface area (Å²) in [5, 5.41) is 4.04. The third-order valence-electron chi connectivity index (χ3n) is 5.77. The summed E-state index contributed by atoms with van der Waals surface area (Å²) in [7, 11) is 1.63. The van der Waals surface area contributed by atoms with E-state index in [4.69, 9.17) is 18.9 Å². The van der Waals surface area contributed by atoms with E-state index >= 15 is 0 Å². The topological polar surface area (TPSA) is 95.0 Å². The number of para-hydroxylation sites is 2. The molecule has 0 unspecified atom stereocenters. The van der Waals surface area contributed by atoms with Gasteiger partial charge >= 0.3 is 0 Å². The molecule has 2 heterocycles. The standard InChI is InChI=1S/C28H26N4O5/c1-3-25(33)32-14-15-36-27-22(32)13-12-21-26(27)28(30-18-29-21)31-19-8-10-20(11-9-19)37-24-7-5-4-6-23(24)35-17-16-34-2/h3-13,18H,1,14-17H2,2H3,(H,29,30,31). The molecule has 0 fully saturated rings. The Morgan fingerprint density at radius 1 is 1.08 bits per heavy atom. The molecule has 9 heteroatoms. The number of fused-ring (bicyclic) bond motifs is 3. The number of rotatable bonds is 9. The summed E-state index contributed by atoms with van der Waals surface area (Å²) >= 11 is 0. The van der Waals surface area contributed by atoms with Gasteiger partial charge in [-0.2, -0.15) is 0 Å². The number of amides is 1. The Morgan fingerprint density at radius 3 is 2.68 bits per heavy atom. The summed E-state index contributed by atoms with van der Waals surface area (Å²) < 4.78 is 22.8. The monoisotopic (exact) mass is 498 g/mol. The van der Waals surface area contributed by atoms with E-state index in [9.17, 15) is 4.79 Å². The molecule has 1 N–H and O–H groups in total. The van der Waals surface area contributed by atoms with E-state index in [1.165, 1.54) is 12.4 Å². The summed E-state index contributed by atoms with van der Waals surface area (Å²) in [5.41, 5.74) is 2.16. The Bertz CT molecular complexity index is 1420. The maximum absolute atomic E-state index is 12.4. The number of hydrogen-bond donors (Lipinski definition) is 1. The lowest BCUT2D eigenvalue weighted by molar-refractivity contribution is -0.114. The van der Waals surface area contributed by atoms with E-state index in [2.05, 4.69) is 21.9 Å². The molecule has 9 nitrogen and oxygen atoms in total. The SMILES string of the molecule is C=CC(=O)N1CCOc2c1ccc1ncnc(Nc3ccc(Oc4ccccc4OCCOC)cc3)c21. The van der Waals surface area contributed by atoms with Crippen molar-refractivity contribution in [3.05, 3.63) is 79.6 Å². The van der Waals surface area contributed by atoms with Gasteiger partial charge in [0.1, 0.15) is 31.1 Å². The van der Waals surface area contributed by atoms with E-state index in [-0.39, 0.29) is 5.91 Å². The second kappa shape index (κ2) is 11.0. The van der Waals surface area contributed by atoms with Gasteiger partial charge in [0.2, 0.25) is 0 Å². The van der Waals surface area contributed by atoms with Crippen molar-refractivity contribution >= 4 is 34.0 Å². The summed E-state index contributed by atoms with van der Waals surface area (Å²) in [4.78, 5) is 22.9. The number of anilines is 3. The van der Waals surface area contributed by atoms with Crippen molar-refractivity contribution in [1.82, 2.24) is 9.97 Å². The van der Waals surface area contributed by atoms with E-state index < -0.39 is 0 Å². The van der Waals surface area contributed by atoms with E-state index in [1.54, 1.807) is 12.0 Å². The Kier molecular flexibility index (Phi) is 7.14. The maximum atomic E-state index is 12.4. The van der Waals surface area contributed by atoms with Gasteiger partial charge in [-0.25, -0.2) is 9.97 Å². The molecular weight excluding hydrogens is 472 g/mol. The number of ether oxygens (including phenoxy) is 4. The first-order chi connectivity index (χ1) is 18.2. The van der Waals surface area contributed by atoms with Crippen molar-refractivity contribution in [2.24, 2.45) is 0 Å². The molecule has 0 spiro atoms. The van der Waals surface area contributed by atoms with Gasteiger partial charge < -0.3 is 29.2 Å². The van der Waals surface area contributed by atoms with Crippen molar-refractivity contribution in [3.8, 4) is 23.0 Å². The molecule has 0 bridgehead atoms. The number of benzene rings is 3. The number of carbonyl (C=O) groups excluding carboxylic acids is 1. The number of hydrogen-bond acceptors (Lipinski definition) is 8. The smallest absolute Gasteiger partial charge is 0.250 e. The lowest BCUT2D eigenvalue weighted by Crippen LogP contribution is -2.36. The normalized spacial score (nSPS) is 12.4. The molecule has 4 aromatic rings. The highest BCUT2D eigenvalue weighted by atomic mass is 16.5. The van der Waals surface area contributed by atoms with Crippen LogP contribution >= 0.6 is 0 Å². The molecule has 0 saturated heterocycles. The molecule has 1 aromatic heterocycles. The number of nitrogens with one attached hydrogen (secondary N) is 1. The Labute approximate surface area is 214 Å².